The van der Waals surface area contributed by atoms with Crippen molar-refractivity contribution in [3.8, 4) is 0 Å². The van der Waals surface area contributed by atoms with Crippen LogP contribution in [0.1, 0.15) is 25.7 Å². The number of carboxylic acids is 1. The van der Waals surface area contributed by atoms with Gasteiger partial charge in [-0.05, 0) is 12.8 Å². The first-order valence-corrected chi connectivity index (χ1v) is 6.69. The smallest absolute Gasteiger partial charge is 0.307 e. The topological polar surface area (TPSA) is 63.1 Å². The first-order valence-electron chi connectivity index (χ1n) is 4.93. The zero-order chi connectivity index (χ0) is 10.7. The summed E-state index contributed by atoms with van der Waals surface area (Å²) >= 11 is 3.05. The quantitative estimate of drug-likeness (QED) is 0.883. The maximum Gasteiger partial charge on any atom is 0.307 e. The number of thioether (sulfide) groups is 1. The minimum Gasteiger partial charge on any atom is -0.481 e. The lowest BCUT2D eigenvalue weighted by Crippen LogP contribution is -2.28. The van der Waals surface area contributed by atoms with Crippen molar-refractivity contribution in [1.82, 2.24) is 10.2 Å². The number of carboxylic acid groups (broad SMARTS) is 1. The Morgan fingerprint density at radius 1 is 1.53 bits per heavy atom. The van der Waals surface area contributed by atoms with Crippen molar-refractivity contribution in [2.45, 2.75) is 35.3 Å². The second-order valence-corrected chi connectivity index (χ2v) is 5.91. The van der Waals surface area contributed by atoms with Crippen molar-refractivity contribution in [3.63, 3.8) is 0 Å². The van der Waals surface area contributed by atoms with Gasteiger partial charge in [0, 0.05) is 5.25 Å². The highest BCUT2D eigenvalue weighted by atomic mass is 32.2. The van der Waals surface area contributed by atoms with Gasteiger partial charge in [0.05, 0.1) is 5.92 Å². The van der Waals surface area contributed by atoms with Gasteiger partial charge in [0.1, 0.15) is 5.51 Å². The van der Waals surface area contributed by atoms with Gasteiger partial charge in [0.15, 0.2) is 4.34 Å². The molecule has 1 aliphatic carbocycles. The molecule has 0 amide bonds. The van der Waals surface area contributed by atoms with Crippen LogP contribution in [0.4, 0.5) is 0 Å². The van der Waals surface area contributed by atoms with Gasteiger partial charge in [-0.3, -0.25) is 4.79 Å². The number of aromatic nitrogens is 2. The van der Waals surface area contributed by atoms with Crippen molar-refractivity contribution in [2.24, 2.45) is 5.92 Å². The first kappa shape index (κ1) is 10.9. The second-order valence-electron chi connectivity index (χ2n) is 3.59. The van der Waals surface area contributed by atoms with Crippen molar-refractivity contribution in [3.05, 3.63) is 5.51 Å². The molecule has 0 saturated heterocycles. The number of hydrogen-bond donors (Lipinski definition) is 1. The van der Waals surface area contributed by atoms with Crippen LogP contribution in [0.25, 0.3) is 0 Å². The third-order valence-electron chi connectivity index (χ3n) is 2.61. The molecule has 1 heterocycles. The average Bonchev–Trinajstić information content (AvgIpc) is 2.71. The third-order valence-corrected chi connectivity index (χ3v) is 4.82. The Morgan fingerprint density at radius 3 is 3.00 bits per heavy atom. The van der Waals surface area contributed by atoms with Gasteiger partial charge in [-0.25, -0.2) is 0 Å². The monoisotopic (exact) mass is 244 g/mol. The molecule has 0 radical (unpaired) electrons. The number of aliphatic carboxylic acids is 1. The summed E-state index contributed by atoms with van der Waals surface area (Å²) in [7, 11) is 0. The summed E-state index contributed by atoms with van der Waals surface area (Å²) in [6, 6.07) is 0. The minimum absolute atomic E-state index is 0.171. The van der Waals surface area contributed by atoms with Crippen molar-refractivity contribution in [1.29, 1.82) is 0 Å². The van der Waals surface area contributed by atoms with Crippen LogP contribution in [0.2, 0.25) is 0 Å². The molecule has 0 spiro atoms. The zero-order valence-electron chi connectivity index (χ0n) is 8.13. The molecular weight excluding hydrogens is 232 g/mol. The van der Waals surface area contributed by atoms with Crippen LogP contribution in [0, 0.1) is 5.92 Å². The van der Waals surface area contributed by atoms with E-state index in [1.165, 1.54) is 11.3 Å². The van der Waals surface area contributed by atoms with Gasteiger partial charge in [0.25, 0.3) is 0 Å². The highest BCUT2D eigenvalue weighted by Gasteiger charge is 2.32. The number of rotatable bonds is 3. The number of carbonyl (C=O) groups is 1. The molecule has 15 heavy (non-hydrogen) atoms. The summed E-state index contributed by atoms with van der Waals surface area (Å²) in [6.07, 6.45) is 3.93. The molecule has 2 atom stereocenters. The molecule has 2 unspecified atom stereocenters. The standard InChI is InChI=1S/C9H12N2O2S2/c12-8(13)6-3-1-2-4-7(6)15-9-11-10-5-14-9/h5-7H,1-4H2,(H,12,13). The van der Waals surface area contributed by atoms with Crippen molar-refractivity contribution < 1.29 is 9.90 Å². The second kappa shape index (κ2) is 4.94. The summed E-state index contributed by atoms with van der Waals surface area (Å²) in [5.74, 6) is -0.885. The molecular formula is C9H12N2O2S2. The molecule has 4 nitrogen and oxygen atoms in total. The van der Waals surface area contributed by atoms with Gasteiger partial charge >= 0.3 is 5.97 Å². The van der Waals surface area contributed by atoms with E-state index in [2.05, 4.69) is 10.2 Å². The van der Waals surface area contributed by atoms with Gasteiger partial charge in [-0.2, -0.15) is 0 Å². The maximum atomic E-state index is 11.0. The van der Waals surface area contributed by atoms with Gasteiger partial charge < -0.3 is 5.11 Å². The highest BCUT2D eigenvalue weighted by Crippen LogP contribution is 2.37. The highest BCUT2D eigenvalue weighted by molar-refractivity contribution is 8.01. The number of nitrogens with zero attached hydrogens (tertiary/aromatic N) is 2. The van der Waals surface area contributed by atoms with E-state index in [1.807, 2.05) is 0 Å². The predicted molar refractivity (Wildman–Crippen MR) is 59.1 cm³/mol. The van der Waals surface area contributed by atoms with E-state index in [4.69, 9.17) is 5.11 Å². The van der Waals surface area contributed by atoms with E-state index in [-0.39, 0.29) is 11.2 Å². The summed E-state index contributed by atoms with van der Waals surface area (Å²) in [5, 5.41) is 17.0. The molecule has 1 N–H and O–H groups in total. The molecule has 1 aliphatic rings. The molecule has 0 aromatic carbocycles. The lowest BCUT2D eigenvalue weighted by atomic mass is 9.89. The van der Waals surface area contributed by atoms with Crippen LogP contribution in [0.15, 0.2) is 9.85 Å². The van der Waals surface area contributed by atoms with E-state index in [0.29, 0.717) is 0 Å². The Balaban J connectivity index is 2.02. The molecule has 82 valence electrons. The Kier molecular flexibility index (Phi) is 3.58. The van der Waals surface area contributed by atoms with Crippen LogP contribution in [-0.4, -0.2) is 26.5 Å². The average molecular weight is 244 g/mol. The van der Waals surface area contributed by atoms with Crippen molar-refractivity contribution in [2.75, 3.05) is 0 Å². The fraction of sp³-hybridized carbons (Fsp3) is 0.667. The minimum atomic E-state index is -0.670. The van der Waals surface area contributed by atoms with Gasteiger partial charge in [-0.15, -0.1) is 10.2 Å². The Hall–Kier alpha value is -0.620. The largest absolute Gasteiger partial charge is 0.481 e. The molecule has 1 fully saturated rings. The Labute approximate surface area is 96.1 Å². The SMILES string of the molecule is O=C(O)C1CCCCC1Sc1nncs1. The molecule has 0 aliphatic heterocycles. The number of hydrogen-bond acceptors (Lipinski definition) is 5. The van der Waals surface area contributed by atoms with Crippen LogP contribution < -0.4 is 0 Å². The van der Waals surface area contributed by atoms with E-state index in [1.54, 1.807) is 17.3 Å². The summed E-state index contributed by atoms with van der Waals surface area (Å²) < 4.78 is 0.883. The molecule has 1 aromatic rings. The van der Waals surface area contributed by atoms with Crippen LogP contribution in [0.5, 0.6) is 0 Å². The van der Waals surface area contributed by atoms with E-state index < -0.39 is 5.97 Å². The Morgan fingerprint density at radius 2 is 2.33 bits per heavy atom. The zero-order valence-corrected chi connectivity index (χ0v) is 9.76. The molecule has 0 bridgehead atoms. The summed E-state index contributed by atoms with van der Waals surface area (Å²) in [4.78, 5) is 11.0. The molecule has 6 heteroatoms. The lowest BCUT2D eigenvalue weighted by molar-refractivity contribution is -0.142. The lowest BCUT2D eigenvalue weighted by Gasteiger charge is -2.26. The van der Waals surface area contributed by atoms with Crippen LogP contribution in [0.3, 0.4) is 0 Å². The van der Waals surface area contributed by atoms with E-state index >= 15 is 0 Å². The first-order chi connectivity index (χ1) is 7.27. The van der Waals surface area contributed by atoms with E-state index in [9.17, 15) is 4.79 Å². The summed E-state index contributed by atoms with van der Waals surface area (Å²) in [5.41, 5.74) is 1.68. The summed E-state index contributed by atoms with van der Waals surface area (Å²) in [6.45, 7) is 0. The normalized spacial score (nSPS) is 26.4. The van der Waals surface area contributed by atoms with E-state index in [0.717, 1.165) is 30.0 Å². The molecule has 1 saturated carbocycles. The fourth-order valence-electron chi connectivity index (χ4n) is 1.86. The fourth-order valence-corrected chi connectivity index (χ4v) is 3.92. The maximum absolute atomic E-state index is 11.0. The Bertz CT molecular complexity index is 329. The van der Waals surface area contributed by atoms with Gasteiger partial charge in [0.2, 0.25) is 0 Å². The molecule has 1 aromatic heterocycles. The molecule has 2 rings (SSSR count). The van der Waals surface area contributed by atoms with Crippen molar-refractivity contribution >= 4 is 29.1 Å². The van der Waals surface area contributed by atoms with Gasteiger partial charge in [-0.1, -0.05) is 35.9 Å². The predicted octanol–water partition coefficient (Wildman–Crippen LogP) is 2.27. The van der Waals surface area contributed by atoms with Crippen LogP contribution >= 0.6 is 23.1 Å². The third kappa shape index (κ3) is 2.69. The van der Waals surface area contributed by atoms with Crippen LogP contribution in [-0.2, 0) is 4.79 Å².